The summed E-state index contributed by atoms with van der Waals surface area (Å²) in [7, 11) is 0. The van der Waals surface area contributed by atoms with Crippen LogP contribution in [-0.2, 0) is 4.79 Å². The van der Waals surface area contributed by atoms with Crippen molar-refractivity contribution < 1.29 is 4.79 Å². The molecule has 8 heteroatoms. The predicted molar refractivity (Wildman–Crippen MR) is 119 cm³/mol. The summed E-state index contributed by atoms with van der Waals surface area (Å²) in [5.41, 5.74) is 1.95. The van der Waals surface area contributed by atoms with Gasteiger partial charge in [-0.15, -0.1) is 0 Å². The van der Waals surface area contributed by atoms with Crippen molar-refractivity contribution in [3.63, 3.8) is 0 Å². The van der Waals surface area contributed by atoms with Crippen molar-refractivity contribution in [3.05, 3.63) is 11.9 Å². The van der Waals surface area contributed by atoms with Crippen LogP contribution in [0.1, 0.15) is 80.1 Å². The minimum Gasteiger partial charge on any atom is -0.310 e. The summed E-state index contributed by atoms with van der Waals surface area (Å²) in [5.74, 6) is 0.514. The van der Waals surface area contributed by atoms with Crippen LogP contribution in [0.5, 0.6) is 0 Å². The highest BCUT2D eigenvalue weighted by atomic mass is 32.2. The molecule has 0 spiro atoms. The summed E-state index contributed by atoms with van der Waals surface area (Å²) in [6.45, 7) is 11.9. The van der Waals surface area contributed by atoms with Crippen molar-refractivity contribution in [3.8, 4) is 0 Å². The number of nitrogens with one attached hydrogen (secondary N) is 4. The van der Waals surface area contributed by atoms with Gasteiger partial charge in [-0.25, -0.2) is 5.43 Å². The van der Waals surface area contributed by atoms with Crippen molar-refractivity contribution in [2.75, 3.05) is 6.26 Å². The highest BCUT2D eigenvalue weighted by Crippen LogP contribution is 2.22. The largest absolute Gasteiger partial charge is 0.310 e. The molecule has 1 aliphatic carbocycles. The maximum absolute atomic E-state index is 12.9. The molecule has 0 atom stereocenters. The topological polar surface area (TPSA) is 89.9 Å². The Bertz CT molecular complexity index is 533. The average molecular weight is 413 g/mol. The van der Waals surface area contributed by atoms with E-state index < -0.39 is 5.54 Å². The van der Waals surface area contributed by atoms with E-state index in [0.717, 1.165) is 38.5 Å². The Labute approximate surface area is 175 Å². The van der Waals surface area contributed by atoms with Crippen LogP contribution in [0.2, 0.25) is 0 Å². The Morgan fingerprint density at radius 2 is 1.71 bits per heavy atom. The average Bonchev–Trinajstić information content (AvgIpc) is 2.60. The molecule has 4 N–H and O–H groups in total. The molecule has 1 fully saturated rings. The second-order valence-corrected chi connectivity index (χ2v) is 9.63. The van der Waals surface area contributed by atoms with Gasteiger partial charge in [0.2, 0.25) is 5.91 Å². The lowest BCUT2D eigenvalue weighted by Gasteiger charge is -2.35. The molecule has 28 heavy (non-hydrogen) atoms. The molecular formula is C20H40N6OS. The van der Waals surface area contributed by atoms with Gasteiger partial charge in [0.05, 0.1) is 11.1 Å². The first kappa shape index (κ1) is 24.9. The summed E-state index contributed by atoms with van der Waals surface area (Å²) < 4.78 is 3.44. The molecule has 0 aromatic carbocycles. The summed E-state index contributed by atoms with van der Waals surface area (Å²) in [6.07, 6.45) is 10.3. The Hall–Kier alpha value is -1.12. The van der Waals surface area contributed by atoms with E-state index in [4.69, 9.17) is 0 Å². The molecule has 0 aromatic rings. The third kappa shape index (κ3) is 9.89. The SMILES string of the molecule is CCC/C=C(/NN=NC(C)(C)C)NC(=O)C(C)(C)NC1CCC(NSC)CC1. The number of unbranched alkanes of at least 4 members (excludes halogenated alkanes) is 1. The molecule has 0 heterocycles. The Balaban J connectivity index is 2.63. The highest BCUT2D eigenvalue weighted by molar-refractivity contribution is 7.96. The van der Waals surface area contributed by atoms with E-state index in [1.807, 2.05) is 40.7 Å². The van der Waals surface area contributed by atoms with E-state index in [0.29, 0.717) is 17.9 Å². The van der Waals surface area contributed by atoms with Crippen molar-refractivity contribution in [1.29, 1.82) is 0 Å². The summed E-state index contributed by atoms with van der Waals surface area (Å²) in [6, 6.07) is 0.934. The summed E-state index contributed by atoms with van der Waals surface area (Å²) in [4.78, 5) is 12.9. The fraction of sp³-hybridized carbons (Fsp3) is 0.850. The van der Waals surface area contributed by atoms with Crippen LogP contribution in [0.25, 0.3) is 0 Å². The van der Waals surface area contributed by atoms with Crippen LogP contribution < -0.4 is 20.8 Å². The number of hydrogen-bond donors (Lipinski definition) is 4. The van der Waals surface area contributed by atoms with Gasteiger partial charge in [0.1, 0.15) is 5.82 Å². The van der Waals surface area contributed by atoms with Crippen LogP contribution in [0, 0.1) is 0 Å². The number of carbonyl (C=O) groups excluding carboxylic acids is 1. The molecule has 1 amide bonds. The first-order chi connectivity index (χ1) is 13.1. The minimum atomic E-state index is -0.668. The quantitative estimate of drug-likeness (QED) is 0.247. The lowest BCUT2D eigenvalue weighted by molar-refractivity contribution is -0.126. The van der Waals surface area contributed by atoms with E-state index in [2.05, 4.69) is 44.3 Å². The van der Waals surface area contributed by atoms with E-state index in [1.165, 1.54) is 0 Å². The molecule has 1 aliphatic rings. The van der Waals surface area contributed by atoms with Gasteiger partial charge in [0.25, 0.3) is 0 Å². The third-order valence-corrected chi connectivity index (χ3v) is 5.12. The zero-order valence-corrected chi connectivity index (χ0v) is 19.5. The fourth-order valence-corrected chi connectivity index (χ4v) is 3.59. The molecule has 162 valence electrons. The first-order valence-electron chi connectivity index (χ1n) is 10.3. The standard InChI is InChI=1S/C20H40N6OS/c1-8-9-10-17(23-26-25-19(2,3)4)21-18(27)20(5,6)22-15-11-13-16(14-12-15)24-28-7/h10,15-16,22,24H,8-9,11-14H2,1-7H3,(H,21,27)(H,23,25)/b17-10+. The van der Waals surface area contributed by atoms with Crippen LogP contribution in [0.15, 0.2) is 22.2 Å². The Morgan fingerprint density at radius 1 is 1.11 bits per heavy atom. The molecule has 0 unspecified atom stereocenters. The Morgan fingerprint density at radius 3 is 2.25 bits per heavy atom. The van der Waals surface area contributed by atoms with Gasteiger partial charge in [-0.1, -0.05) is 30.5 Å². The normalized spacial score (nSPS) is 21.8. The molecule has 0 saturated heterocycles. The number of nitrogens with zero attached hydrogens (tertiary/aromatic N) is 2. The zero-order chi connectivity index (χ0) is 21.2. The van der Waals surface area contributed by atoms with Crippen LogP contribution in [0.3, 0.4) is 0 Å². The second kappa shape index (κ2) is 11.8. The maximum atomic E-state index is 12.9. The van der Waals surface area contributed by atoms with Crippen molar-refractivity contribution >= 4 is 17.9 Å². The fourth-order valence-electron chi connectivity index (χ4n) is 3.02. The van der Waals surface area contributed by atoms with E-state index in [1.54, 1.807) is 11.9 Å². The molecule has 0 radical (unpaired) electrons. The van der Waals surface area contributed by atoms with E-state index >= 15 is 0 Å². The van der Waals surface area contributed by atoms with Gasteiger partial charge in [0.15, 0.2) is 0 Å². The number of hydrogen-bond acceptors (Lipinski definition) is 6. The monoisotopic (exact) mass is 412 g/mol. The van der Waals surface area contributed by atoms with Crippen LogP contribution in [0.4, 0.5) is 0 Å². The van der Waals surface area contributed by atoms with E-state index in [9.17, 15) is 4.79 Å². The van der Waals surface area contributed by atoms with Gasteiger partial charge < -0.3 is 10.6 Å². The van der Waals surface area contributed by atoms with Crippen molar-refractivity contribution in [2.45, 2.75) is 103 Å². The Kier molecular flexibility index (Phi) is 10.5. The van der Waals surface area contributed by atoms with Gasteiger partial charge in [-0.05, 0) is 79.1 Å². The second-order valence-electron chi connectivity index (χ2n) is 8.98. The molecule has 0 aromatic heterocycles. The van der Waals surface area contributed by atoms with E-state index in [-0.39, 0.29) is 11.4 Å². The lowest BCUT2D eigenvalue weighted by atomic mass is 9.89. The van der Waals surface area contributed by atoms with Gasteiger partial charge >= 0.3 is 0 Å². The summed E-state index contributed by atoms with van der Waals surface area (Å²) in [5, 5.41) is 14.7. The number of amides is 1. The molecule has 1 saturated carbocycles. The van der Waals surface area contributed by atoms with Crippen LogP contribution >= 0.6 is 11.9 Å². The lowest BCUT2D eigenvalue weighted by Crippen LogP contribution is -2.57. The summed E-state index contributed by atoms with van der Waals surface area (Å²) >= 11 is 1.68. The molecular weight excluding hydrogens is 372 g/mol. The zero-order valence-electron chi connectivity index (χ0n) is 18.7. The maximum Gasteiger partial charge on any atom is 0.245 e. The molecule has 0 bridgehead atoms. The van der Waals surface area contributed by atoms with Gasteiger partial charge in [-0.3, -0.25) is 9.52 Å². The van der Waals surface area contributed by atoms with Crippen LogP contribution in [-0.4, -0.2) is 35.3 Å². The van der Waals surface area contributed by atoms with Gasteiger partial charge in [-0.2, -0.15) is 5.11 Å². The minimum absolute atomic E-state index is 0.0716. The number of allylic oxidation sites excluding steroid dienone is 1. The number of carbonyl (C=O) groups is 1. The first-order valence-corrected chi connectivity index (χ1v) is 11.6. The molecule has 0 aliphatic heterocycles. The predicted octanol–water partition coefficient (Wildman–Crippen LogP) is 4.05. The highest BCUT2D eigenvalue weighted by Gasteiger charge is 2.32. The molecule has 7 nitrogen and oxygen atoms in total. The molecule has 1 rings (SSSR count). The van der Waals surface area contributed by atoms with Crippen molar-refractivity contribution in [2.24, 2.45) is 10.3 Å². The van der Waals surface area contributed by atoms with Gasteiger partial charge in [0, 0.05) is 12.1 Å². The smallest absolute Gasteiger partial charge is 0.245 e. The van der Waals surface area contributed by atoms with Crippen molar-refractivity contribution in [1.82, 2.24) is 20.8 Å². The number of rotatable bonds is 10. The third-order valence-electron chi connectivity index (χ3n) is 4.55.